The fraction of sp³-hybridized carbons (Fsp3) is 1.00. The molecule has 5 heteroatoms. The maximum absolute atomic E-state index is 9.37. The number of aliphatic hydroxyl groups excluding tert-OH is 4. The lowest BCUT2D eigenvalue weighted by molar-refractivity contribution is -0.0968. The minimum atomic E-state index is -1.20. The minimum absolute atomic E-state index is 0.0556. The molecule has 0 saturated carbocycles. The number of aliphatic hydroxyl groups is 4. The quantitative estimate of drug-likeness (QED) is 0.456. The van der Waals surface area contributed by atoms with E-state index >= 15 is 0 Å². The minimum Gasteiger partial charge on any atom is -0.393 e. The molecule has 0 saturated heterocycles. The van der Waals surface area contributed by atoms with Crippen LogP contribution in [0.15, 0.2) is 0 Å². The standard InChI is InChI=1S/C10H22O5/c1-6(11)4-7(2)15-5-9(13)10(14)8(3)12/h6-14H,4-5H2,1-3H3. The molecular formula is C10H22O5. The van der Waals surface area contributed by atoms with Crippen molar-refractivity contribution in [3.63, 3.8) is 0 Å². The molecule has 4 N–H and O–H groups in total. The van der Waals surface area contributed by atoms with Crippen molar-refractivity contribution in [3.05, 3.63) is 0 Å². The van der Waals surface area contributed by atoms with Crippen LogP contribution in [0.4, 0.5) is 0 Å². The van der Waals surface area contributed by atoms with Crippen molar-refractivity contribution in [1.82, 2.24) is 0 Å². The Morgan fingerprint density at radius 3 is 1.93 bits per heavy atom. The summed E-state index contributed by atoms with van der Waals surface area (Å²) >= 11 is 0. The first kappa shape index (κ1) is 14.8. The second kappa shape index (κ2) is 7.14. The molecule has 15 heavy (non-hydrogen) atoms. The van der Waals surface area contributed by atoms with Crippen LogP contribution in [0.5, 0.6) is 0 Å². The lowest BCUT2D eigenvalue weighted by atomic mass is 10.1. The van der Waals surface area contributed by atoms with Crippen molar-refractivity contribution in [3.8, 4) is 0 Å². The molecular weight excluding hydrogens is 200 g/mol. The fourth-order valence-corrected chi connectivity index (χ4v) is 1.23. The van der Waals surface area contributed by atoms with Gasteiger partial charge in [-0.1, -0.05) is 0 Å². The van der Waals surface area contributed by atoms with E-state index in [0.717, 1.165) is 0 Å². The molecule has 0 amide bonds. The highest BCUT2D eigenvalue weighted by atomic mass is 16.5. The van der Waals surface area contributed by atoms with Crippen LogP contribution in [-0.4, -0.2) is 57.6 Å². The summed E-state index contributed by atoms with van der Waals surface area (Å²) in [5.74, 6) is 0. The summed E-state index contributed by atoms with van der Waals surface area (Å²) in [6.07, 6.45) is -3.49. The largest absolute Gasteiger partial charge is 0.393 e. The Hall–Kier alpha value is -0.200. The zero-order valence-corrected chi connectivity index (χ0v) is 9.50. The Labute approximate surface area is 90.3 Å². The van der Waals surface area contributed by atoms with Gasteiger partial charge >= 0.3 is 0 Å². The molecule has 0 aromatic rings. The molecule has 0 aromatic carbocycles. The van der Waals surface area contributed by atoms with E-state index in [0.29, 0.717) is 6.42 Å². The molecule has 0 bridgehead atoms. The van der Waals surface area contributed by atoms with Crippen molar-refractivity contribution in [2.45, 2.75) is 57.7 Å². The van der Waals surface area contributed by atoms with Crippen molar-refractivity contribution >= 4 is 0 Å². The summed E-state index contributed by atoms with van der Waals surface area (Å²) in [4.78, 5) is 0. The first-order valence-electron chi connectivity index (χ1n) is 5.18. The first-order valence-corrected chi connectivity index (χ1v) is 5.18. The van der Waals surface area contributed by atoms with Gasteiger partial charge in [-0.05, 0) is 27.2 Å². The number of ether oxygens (including phenoxy) is 1. The van der Waals surface area contributed by atoms with Gasteiger partial charge in [0.1, 0.15) is 12.2 Å². The van der Waals surface area contributed by atoms with Crippen molar-refractivity contribution in [2.75, 3.05) is 6.61 Å². The van der Waals surface area contributed by atoms with E-state index in [1.54, 1.807) is 13.8 Å². The molecule has 5 atom stereocenters. The van der Waals surface area contributed by atoms with Crippen molar-refractivity contribution < 1.29 is 25.2 Å². The Bertz CT molecular complexity index is 160. The Morgan fingerprint density at radius 1 is 1.00 bits per heavy atom. The van der Waals surface area contributed by atoms with Crippen LogP contribution in [0.1, 0.15) is 27.2 Å². The van der Waals surface area contributed by atoms with Crippen LogP contribution in [0.25, 0.3) is 0 Å². The van der Waals surface area contributed by atoms with E-state index in [2.05, 4.69) is 0 Å². The molecule has 0 heterocycles. The average molecular weight is 222 g/mol. The molecule has 0 aliphatic carbocycles. The van der Waals surface area contributed by atoms with Crippen LogP contribution >= 0.6 is 0 Å². The third kappa shape index (κ3) is 6.81. The third-order valence-electron chi connectivity index (χ3n) is 2.11. The third-order valence-corrected chi connectivity index (χ3v) is 2.11. The van der Waals surface area contributed by atoms with Gasteiger partial charge in [0.05, 0.1) is 24.9 Å². The summed E-state index contributed by atoms with van der Waals surface area (Å²) in [7, 11) is 0. The monoisotopic (exact) mass is 222 g/mol. The molecule has 0 rings (SSSR count). The summed E-state index contributed by atoms with van der Waals surface area (Å²) in [5.41, 5.74) is 0. The van der Waals surface area contributed by atoms with E-state index in [9.17, 15) is 10.2 Å². The Morgan fingerprint density at radius 2 is 1.53 bits per heavy atom. The highest BCUT2D eigenvalue weighted by Crippen LogP contribution is 2.05. The van der Waals surface area contributed by atoms with E-state index < -0.39 is 24.4 Å². The maximum Gasteiger partial charge on any atom is 0.108 e. The summed E-state index contributed by atoms with van der Waals surface area (Å²) in [5, 5.41) is 36.7. The van der Waals surface area contributed by atoms with Gasteiger partial charge < -0.3 is 25.2 Å². The normalized spacial score (nSPS) is 21.8. The second-order valence-corrected chi connectivity index (χ2v) is 4.03. The molecule has 0 aliphatic rings. The van der Waals surface area contributed by atoms with Crippen molar-refractivity contribution in [1.29, 1.82) is 0 Å². The SMILES string of the molecule is CC(O)CC(C)OCC(O)C(O)C(C)O. The number of rotatable bonds is 7. The van der Waals surface area contributed by atoms with Gasteiger partial charge in [-0.25, -0.2) is 0 Å². The first-order chi connectivity index (χ1) is 6.84. The van der Waals surface area contributed by atoms with Gasteiger partial charge in [-0.2, -0.15) is 0 Å². The molecule has 0 aliphatic heterocycles. The van der Waals surface area contributed by atoms with Gasteiger partial charge in [0, 0.05) is 0 Å². The summed E-state index contributed by atoms with van der Waals surface area (Å²) < 4.78 is 5.20. The lowest BCUT2D eigenvalue weighted by Crippen LogP contribution is -2.39. The van der Waals surface area contributed by atoms with Gasteiger partial charge in [-0.3, -0.25) is 0 Å². The van der Waals surface area contributed by atoms with E-state index in [4.69, 9.17) is 14.9 Å². The maximum atomic E-state index is 9.37. The predicted molar refractivity (Wildman–Crippen MR) is 55.4 cm³/mol. The molecule has 0 aromatic heterocycles. The van der Waals surface area contributed by atoms with Gasteiger partial charge in [0.2, 0.25) is 0 Å². The highest BCUT2D eigenvalue weighted by molar-refractivity contribution is 4.72. The highest BCUT2D eigenvalue weighted by Gasteiger charge is 2.22. The predicted octanol–water partition coefficient (Wildman–Crippen LogP) is -0.735. The molecule has 92 valence electrons. The van der Waals surface area contributed by atoms with Gasteiger partial charge in [0.25, 0.3) is 0 Å². The van der Waals surface area contributed by atoms with Crippen LogP contribution < -0.4 is 0 Å². The topological polar surface area (TPSA) is 90.2 Å². The smallest absolute Gasteiger partial charge is 0.108 e. The molecule has 5 unspecified atom stereocenters. The second-order valence-electron chi connectivity index (χ2n) is 4.03. The van der Waals surface area contributed by atoms with Crippen LogP contribution in [0.2, 0.25) is 0 Å². The Kier molecular flexibility index (Phi) is 7.04. The zero-order chi connectivity index (χ0) is 12.0. The van der Waals surface area contributed by atoms with Gasteiger partial charge in [-0.15, -0.1) is 0 Å². The molecule has 0 spiro atoms. The van der Waals surface area contributed by atoms with Gasteiger partial charge in [0.15, 0.2) is 0 Å². The van der Waals surface area contributed by atoms with E-state index in [-0.39, 0.29) is 12.7 Å². The molecule has 5 nitrogen and oxygen atoms in total. The van der Waals surface area contributed by atoms with Crippen molar-refractivity contribution in [2.24, 2.45) is 0 Å². The number of hydrogen-bond acceptors (Lipinski definition) is 5. The number of hydrogen-bond donors (Lipinski definition) is 4. The Balaban J connectivity index is 3.74. The fourth-order valence-electron chi connectivity index (χ4n) is 1.23. The molecule has 0 radical (unpaired) electrons. The zero-order valence-electron chi connectivity index (χ0n) is 9.50. The lowest BCUT2D eigenvalue weighted by Gasteiger charge is -2.22. The van der Waals surface area contributed by atoms with Crippen LogP contribution in [-0.2, 0) is 4.74 Å². The van der Waals surface area contributed by atoms with Crippen LogP contribution in [0.3, 0.4) is 0 Å². The average Bonchev–Trinajstić information content (AvgIpc) is 2.11. The van der Waals surface area contributed by atoms with Crippen LogP contribution in [0, 0.1) is 0 Å². The summed E-state index contributed by atoms with van der Waals surface area (Å²) in [6.45, 7) is 4.77. The molecule has 0 fully saturated rings. The van der Waals surface area contributed by atoms with E-state index in [1.807, 2.05) is 0 Å². The summed E-state index contributed by atoms with van der Waals surface area (Å²) in [6, 6.07) is 0. The van der Waals surface area contributed by atoms with E-state index in [1.165, 1.54) is 6.92 Å².